The van der Waals surface area contributed by atoms with E-state index in [1.807, 2.05) is 0 Å². The molecule has 0 saturated carbocycles. The minimum atomic E-state index is -5.07. The third-order valence-corrected chi connectivity index (χ3v) is 1.26. The van der Waals surface area contributed by atoms with Gasteiger partial charge in [0.2, 0.25) is 5.82 Å². The number of halogens is 5. The van der Waals surface area contributed by atoms with E-state index in [4.69, 9.17) is 5.11 Å². The molecule has 7 heteroatoms. The Labute approximate surface area is 74.5 Å². The third-order valence-electron chi connectivity index (χ3n) is 1.26. The van der Waals surface area contributed by atoms with E-state index >= 15 is 0 Å². The summed E-state index contributed by atoms with van der Waals surface area (Å²) < 4.78 is 62.8. The number of alkyl halides is 3. The van der Waals surface area contributed by atoms with Gasteiger partial charge in [0, 0.05) is 0 Å². The van der Waals surface area contributed by atoms with Crippen molar-refractivity contribution in [3.63, 3.8) is 0 Å². The maximum atomic E-state index is 12.5. The first-order valence-corrected chi connectivity index (χ1v) is 3.24. The summed E-state index contributed by atoms with van der Waals surface area (Å²) in [4.78, 5) is 0. The summed E-state index contributed by atoms with van der Waals surface area (Å²) in [7, 11) is 0. The summed E-state index contributed by atoms with van der Waals surface area (Å²) in [5.74, 6) is -5.94. The Balaban J connectivity index is 3.06. The Morgan fingerprint density at radius 3 is 2.21 bits per heavy atom. The molecule has 0 aromatic heterocycles. The molecule has 1 aromatic rings. The van der Waals surface area contributed by atoms with Crippen LogP contribution in [0.3, 0.4) is 0 Å². The zero-order valence-electron chi connectivity index (χ0n) is 6.40. The van der Waals surface area contributed by atoms with Gasteiger partial charge in [0.25, 0.3) is 0 Å². The Morgan fingerprint density at radius 1 is 1.14 bits per heavy atom. The van der Waals surface area contributed by atoms with Crippen LogP contribution in [-0.4, -0.2) is 11.5 Å². The number of benzene rings is 1. The molecule has 14 heavy (non-hydrogen) atoms. The van der Waals surface area contributed by atoms with Gasteiger partial charge in [-0.05, 0) is 12.1 Å². The van der Waals surface area contributed by atoms with Gasteiger partial charge < -0.3 is 9.84 Å². The Bertz CT molecular complexity index is 347. The monoisotopic (exact) mass is 214 g/mol. The van der Waals surface area contributed by atoms with Crippen LogP contribution < -0.4 is 4.74 Å². The fourth-order valence-corrected chi connectivity index (χ4v) is 0.729. The molecule has 1 N–H and O–H groups in total. The quantitative estimate of drug-likeness (QED) is 0.728. The molecule has 0 aliphatic carbocycles. The van der Waals surface area contributed by atoms with E-state index in [1.54, 1.807) is 0 Å². The minimum Gasteiger partial charge on any atom is -0.502 e. The van der Waals surface area contributed by atoms with Crippen LogP contribution in [-0.2, 0) is 0 Å². The number of ether oxygens (including phenoxy) is 1. The summed E-state index contributed by atoms with van der Waals surface area (Å²) in [6.07, 6.45) is -5.07. The molecule has 0 aliphatic rings. The summed E-state index contributed by atoms with van der Waals surface area (Å²) >= 11 is 0. The molecule has 0 bridgehead atoms. The van der Waals surface area contributed by atoms with Crippen LogP contribution in [0.1, 0.15) is 0 Å². The molecule has 0 amide bonds. The highest BCUT2D eigenvalue weighted by atomic mass is 19.4. The normalized spacial score (nSPS) is 11.5. The van der Waals surface area contributed by atoms with E-state index in [0.29, 0.717) is 12.1 Å². The molecule has 0 heterocycles. The summed E-state index contributed by atoms with van der Waals surface area (Å²) in [6, 6.07) is 0.886. The van der Waals surface area contributed by atoms with E-state index in [9.17, 15) is 22.0 Å². The molecule has 1 aromatic carbocycles. The van der Waals surface area contributed by atoms with Crippen LogP contribution >= 0.6 is 0 Å². The van der Waals surface area contributed by atoms with Crippen molar-refractivity contribution in [3.05, 3.63) is 23.8 Å². The highest BCUT2D eigenvalue weighted by molar-refractivity contribution is 5.40. The lowest BCUT2D eigenvalue weighted by Crippen LogP contribution is -2.17. The second kappa shape index (κ2) is 3.32. The average molecular weight is 214 g/mol. The van der Waals surface area contributed by atoms with Crippen LogP contribution in [0.15, 0.2) is 12.1 Å². The van der Waals surface area contributed by atoms with Crippen LogP contribution in [0.2, 0.25) is 0 Å². The van der Waals surface area contributed by atoms with Crippen molar-refractivity contribution in [3.8, 4) is 11.5 Å². The van der Waals surface area contributed by atoms with Gasteiger partial charge in [0.15, 0.2) is 17.3 Å². The summed E-state index contributed by atoms with van der Waals surface area (Å²) in [5, 5.41) is 8.70. The number of aromatic hydroxyl groups is 1. The fourth-order valence-electron chi connectivity index (χ4n) is 0.729. The highest BCUT2D eigenvalue weighted by Gasteiger charge is 2.33. The van der Waals surface area contributed by atoms with E-state index in [0.717, 1.165) is 0 Å². The van der Waals surface area contributed by atoms with Crippen molar-refractivity contribution < 1.29 is 31.8 Å². The fraction of sp³-hybridized carbons (Fsp3) is 0.143. The smallest absolute Gasteiger partial charge is 0.502 e. The van der Waals surface area contributed by atoms with Crippen LogP contribution in [0.25, 0.3) is 0 Å². The molecular weight excluding hydrogens is 211 g/mol. The van der Waals surface area contributed by atoms with E-state index in [1.165, 1.54) is 0 Å². The Morgan fingerprint density at radius 2 is 1.71 bits per heavy atom. The molecule has 78 valence electrons. The van der Waals surface area contributed by atoms with Crippen LogP contribution in [0, 0.1) is 11.6 Å². The lowest BCUT2D eigenvalue weighted by molar-refractivity contribution is -0.275. The minimum absolute atomic E-state index is 0.413. The van der Waals surface area contributed by atoms with Crippen molar-refractivity contribution in [2.24, 2.45) is 0 Å². The van der Waals surface area contributed by atoms with E-state index in [2.05, 4.69) is 4.74 Å². The first-order chi connectivity index (χ1) is 6.31. The molecule has 0 spiro atoms. The van der Waals surface area contributed by atoms with Gasteiger partial charge in [-0.25, -0.2) is 4.39 Å². The zero-order valence-corrected chi connectivity index (χ0v) is 6.40. The second-order valence-corrected chi connectivity index (χ2v) is 2.26. The van der Waals surface area contributed by atoms with E-state index < -0.39 is 29.5 Å². The van der Waals surface area contributed by atoms with Gasteiger partial charge in [-0.1, -0.05) is 0 Å². The van der Waals surface area contributed by atoms with Gasteiger partial charge >= 0.3 is 6.36 Å². The Hall–Kier alpha value is -1.53. The van der Waals surface area contributed by atoms with Gasteiger partial charge in [0.1, 0.15) is 0 Å². The lowest BCUT2D eigenvalue weighted by atomic mass is 10.3. The third kappa shape index (κ3) is 2.24. The Kier molecular flexibility index (Phi) is 2.50. The number of hydrogen-bond acceptors (Lipinski definition) is 2. The van der Waals surface area contributed by atoms with Crippen LogP contribution in [0.4, 0.5) is 22.0 Å². The molecule has 1 rings (SSSR count). The largest absolute Gasteiger partial charge is 0.573 e. The van der Waals surface area contributed by atoms with Crippen molar-refractivity contribution in [1.82, 2.24) is 0 Å². The van der Waals surface area contributed by atoms with Crippen LogP contribution in [0.5, 0.6) is 11.5 Å². The molecular formula is C7H3F5O2. The second-order valence-electron chi connectivity index (χ2n) is 2.26. The average Bonchev–Trinajstić information content (AvgIpc) is 2.04. The topological polar surface area (TPSA) is 29.5 Å². The van der Waals surface area contributed by atoms with Crippen molar-refractivity contribution in [2.45, 2.75) is 6.36 Å². The number of rotatable bonds is 1. The SMILES string of the molecule is Oc1c(OC(F)(F)F)ccc(F)c1F. The first kappa shape index (κ1) is 10.6. The van der Waals surface area contributed by atoms with Crippen molar-refractivity contribution >= 4 is 0 Å². The van der Waals surface area contributed by atoms with Gasteiger partial charge in [0.05, 0.1) is 0 Å². The molecule has 0 unspecified atom stereocenters. The molecule has 0 fully saturated rings. The maximum absolute atomic E-state index is 12.5. The zero-order chi connectivity index (χ0) is 10.9. The molecule has 0 saturated heterocycles. The maximum Gasteiger partial charge on any atom is 0.573 e. The molecule has 0 atom stereocenters. The van der Waals surface area contributed by atoms with E-state index in [-0.39, 0.29) is 0 Å². The number of hydrogen-bond donors (Lipinski definition) is 1. The molecule has 0 aliphatic heterocycles. The number of phenolic OH excluding ortho intramolecular Hbond substituents is 1. The summed E-state index contributed by atoms with van der Waals surface area (Å²) in [5.41, 5.74) is 0. The standard InChI is InChI=1S/C7H3F5O2/c8-3-1-2-4(6(13)5(3)9)14-7(10,11)12/h1-2,13H. The highest BCUT2D eigenvalue weighted by Crippen LogP contribution is 2.34. The van der Waals surface area contributed by atoms with Gasteiger partial charge in [-0.15, -0.1) is 13.2 Å². The summed E-state index contributed by atoms with van der Waals surface area (Å²) in [6.45, 7) is 0. The molecule has 2 nitrogen and oxygen atoms in total. The molecule has 0 radical (unpaired) electrons. The van der Waals surface area contributed by atoms with Gasteiger partial charge in [-0.3, -0.25) is 0 Å². The number of phenols is 1. The van der Waals surface area contributed by atoms with Crippen molar-refractivity contribution in [1.29, 1.82) is 0 Å². The first-order valence-electron chi connectivity index (χ1n) is 3.24. The predicted octanol–water partition coefficient (Wildman–Crippen LogP) is 2.57. The predicted molar refractivity (Wildman–Crippen MR) is 34.7 cm³/mol. The lowest BCUT2D eigenvalue weighted by Gasteiger charge is -2.10. The van der Waals surface area contributed by atoms with Crippen molar-refractivity contribution in [2.75, 3.05) is 0 Å². The van der Waals surface area contributed by atoms with Gasteiger partial charge in [-0.2, -0.15) is 4.39 Å².